The van der Waals surface area contributed by atoms with E-state index in [0.717, 1.165) is 11.1 Å². The van der Waals surface area contributed by atoms with Crippen molar-refractivity contribution in [2.24, 2.45) is 5.14 Å². The van der Waals surface area contributed by atoms with Gasteiger partial charge in [-0.3, -0.25) is 0 Å². The zero-order valence-corrected chi connectivity index (χ0v) is 9.67. The molecule has 0 atom stereocenters. The van der Waals surface area contributed by atoms with Crippen molar-refractivity contribution in [2.45, 2.75) is 13.8 Å². The smallest absolute Gasteiger partial charge is 0.212 e. The van der Waals surface area contributed by atoms with E-state index in [2.05, 4.69) is 0 Å². The van der Waals surface area contributed by atoms with Crippen molar-refractivity contribution in [1.82, 2.24) is 0 Å². The highest BCUT2D eigenvalue weighted by atomic mass is 32.2. The summed E-state index contributed by atoms with van der Waals surface area (Å²) >= 11 is 0. The van der Waals surface area contributed by atoms with E-state index in [1.807, 2.05) is 32.0 Å². The van der Waals surface area contributed by atoms with Gasteiger partial charge in [0.1, 0.15) is 12.4 Å². The minimum atomic E-state index is -3.44. The molecule has 84 valence electrons. The lowest BCUT2D eigenvalue weighted by atomic mass is 10.1. The van der Waals surface area contributed by atoms with E-state index in [1.54, 1.807) is 0 Å². The van der Waals surface area contributed by atoms with Gasteiger partial charge in [0.05, 0.1) is 5.75 Å². The quantitative estimate of drug-likeness (QED) is 0.836. The molecule has 0 aromatic heterocycles. The highest BCUT2D eigenvalue weighted by molar-refractivity contribution is 7.89. The minimum absolute atomic E-state index is 0.0864. The van der Waals surface area contributed by atoms with Gasteiger partial charge in [-0.25, -0.2) is 13.6 Å². The maximum absolute atomic E-state index is 10.7. The fourth-order valence-electron chi connectivity index (χ4n) is 1.15. The number of benzene rings is 1. The van der Waals surface area contributed by atoms with Crippen molar-refractivity contribution in [1.29, 1.82) is 0 Å². The van der Waals surface area contributed by atoms with Crippen LogP contribution in [0.15, 0.2) is 18.2 Å². The first-order valence-corrected chi connectivity index (χ1v) is 6.31. The minimum Gasteiger partial charge on any atom is -0.492 e. The fraction of sp³-hybridized carbons (Fsp3) is 0.400. The number of nitrogens with two attached hydrogens (primary N) is 1. The molecule has 5 heteroatoms. The maximum Gasteiger partial charge on any atom is 0.212 e. The van der Waals surface area contributed by atoms with E-state index in [-0.39, 0.29) is 12.4 Å². The molecule has 0 saturated carbocycles. The lowest BCUT2D eigenvalue weighted by Gasteiger charge is -2.09. The Morgan fingerprint density at radius 2 is 2.00 bits per heavy atom. The largest absolute Gasteiger partial charge is 0.492 e. The van der Waals surface area contributed by atoms with Crippen LogP contribution in [0.4, 0.5) is 0 Å². The number of rotatable bonds is 4. The topological polar surface area (TPSA) is 69.4 Å². The molecule has 4 nitrogen and oxygen atoms in total. The number of aryl methyl sites for hydroxylation is 1. The van der Waals surface area contributed by atoms with Gasteiger partial charge in [0.25, 0.3) is 0 Å². The van der Waals surface area contributed by atoms with Crippen molar-refractivity contribution in [3.63, 3.8) is 0 Å². The Kier molecular flexibility index (Phi) is 3.71. The van der Waals surface area contributed by atoms with Crippen LogP contribution in [0, 0.1) is 13.8 Å². The molecular weight excluding hydrogens is 214 g/mol. The van der Waals surface area contributed by atoms with Gasteiger partial charge in [-0.05, 0) is 31.0 Å². The Balaban J connectivity index is 2.62. The maximum atomic E-state index is 10.7. The van der Waals surface area contributed by atoms with Crippen molar-refractivity contribution < 1.29 is 13.2 Å². The summed E-state index contributed by atoms with van der Waals surface area (Å²) in [5.41, 5.74) is 2.13. The van der Waals surface area contributed by atoms with Crippen LogP contribution in [0.5, 0.6) is 5.75 Å². The van der Waals surface area contributed by atoms with Crippen LogP contribution in [0.2, 0.25) is 0 Å². The lowest BCUT2D eigenvalue weighted by molar-refractivity contribution is 0.338. The second-order valence-corrected chi connectivity index (χ2v) is 5.15. The molecule has 0 aliphatic carbocycles. The predicted octanol–water partition coefficient (Wildman–Crippen LogP) is 0.971. The Labute approximate surface area is 90.1 Å². The summed E-state index contributed by atoms with van der Waals surface area (Å²) in [6.07, 6.45) is 0. The van der Waals surface area contributed by atoms with E-state index >= 15 is 0 Å². The van der Waals surface area contributed by atoms with Gasteiger partial charge in [-0.2, -0.15) is 0 Å². The molecule has 0 heterocycles. The van der Waals surface area contributed by atoms with E-state index in [0.29, 0.717) is 5.75 Å². The monoisotopic (exact) mass is 229 g/mol. The van der Waals surface area contributed by atoms with Crippen molar-refractivity contribution in [2.75, 3.05) is 12.4 Å². The van der Waals surface area contributed by atoms with E-state index in [4.69, 9.17) is 9.88 Å². The molecule has 0 fully saturated rings. The first kappa shape index (κ1) is 12.0. The average Bonchev–Trinajstić information content (AvgIpc) is 2.10. The molecular formula is C10H15NO3S. The molecule has 0 aliphatic rings. The first-order valence-electron chi connectivity index (χ1n) is 4.59. The number of primary sulfonamides is 1. The molecule has 0 amide bonds. The van der Waals surface area contributed by atoms with Gasteiger partial charge >= 0.3 is 0 Å². The summed E-state index contributed by atoms with van der Waals surface area (Å²) in [4.78, 5) is 0. The normalized spacial score (nSPS) is 11.4. The highest BCUT2D eigenvalue weighted by Gasteiger charge is 2.05. The second kappa shape index (κ2) is 4.63. The van der Waals surface area contributed by atoms with Crippen molar-refractivity contribution in [3.05, 3.63) is 29.3 Å². The zero-order chi connectivity index (χ0) is 11.5. The fourth-order valence-corrected chi connectivity index (χ4v) is 1.46. The molecule has 1 rings (SSSR count). The molecule has 0 radical (unpaired) electrons. The SMILES string of the molecule is Cc1cccc(OCCS(N)(=O)=O)c1C. The Morgan fingerprint density at radius 3 is 2.60 bits per heavy atom. The predicted molar refractivity (Wildman–Crippen MR) is 59.4 cm³/mol. The van der Waals surface area contributed by atoms with E-state index < -0.39 is 10.0 Å². The Morgan fingerprint density at radius 1 is 1.33 bits per heavy atom. The molecule has 1 aromatic carbocycles. The molecule has 0 saturated heterocycles. The Hall–Kier alpha value is -1.07. The summed E-state index contributed by atoms with van der Waals surface area (Å²) in [6.45, 7) is 3.99. The third kappa shape index (κ3) is 3.89. The second-order valence-electron chi connectivity index (χ2n) is 3.41. The number of hydrogen-bond donors (Lipinski definition) is 1. The van der Waals surface area contributed by atoms with Gasteiger partial charge in [0, 0.05) is 0 Å². The van der Waals surface area contributed by atoms with E-state index in [1.165, 1.54) is 0 Å². The Bertz CT molecular complexity index is 440. The molecule has 0 aliphatic heterocycles. The van der Waals surface area contributed by atoms with E-state index in [9.17, 15) is 8.42 Å². The summed E-state index contributed by atoms with van der Waals surface area (Å²) in [7, 11) is -3.44. The van der Waals surface area contributed by atoms with Gasteiger partial charge in [0.2, 0.25) is 10.0 Å². The van der Waals surface area contributed by atoms with Crippen LogP contribution in [-0.2, 0) is 10.0 Å². The molecule has 15 heavy (non-hydrogen) atoms. The molecule has 2 N–H and O–H groups in total. The number of hydrogen-bond acceptors (Lipinski definition) is 3. The van der Waals surface area contributed by atoms with Gasteiger partial charge < -0.3 is 4.74 Å². The van der Waals surface area contributed by atoms with Crippen LogP contribution in [0.1, 0.15) is 11.1 Å². The van der Waals surface area contributed by atoms with Crippen molar-refractivity contribution >= 4 is 10.0 Å². The molecule has 0 bridgehead atoms. The van der Waals surface area contributed by atoms with Gasteiger partial charge in [-0.15, -0.1) is 0 Å². The summed E-state index contributed by atoms with van der Waals surface area (Å²) in [6, 6.07) is 5.65. The van der Waals surface area contributed by atoms with Crippen LogP contribution < -0.4 is 9.88 Å². The standard InChI is InChI=1S/C10H15NO3S/c1-8-4-3-5-10(9(8)2)14-6-7-15(11,12)13/h3-5H,6-7H2,1-2H3,(H2,11,12,13). The van der Waals surface area contributed by atoms with Crippen LogP contribution in [0.25, 0.3) is 0 Å². The molecule has 0 spiro atoms. The highest BCUT2D eigenvalue weighted by Crippen LogP contribution is 2.20. The van der Waals surface area contributed by atoms with Gasteiger partial charge in [-0.1, -0.05) is 12.1 Å². The number of ether oxygens (including phenoxy) is 1. The lowest BCUT2D eigenvalue weighted by Crippen LogP contribution is -2.21. The van der Waals surface area contributed by atoms with Crippen molar-refractivity contribution in [3.8, 4) is 5.75 Å². The summed E-state index contributed by atoms with van der Waals surface area (Å²) in [5, 5.41) is 4.86. The van der Waals surface area contributed by atoms with Gasteiger partial charge in [0.15, 0.2) is 0 Å². The molecule has 1 aromatic rings. The summed E-state index contributed by atoms with van der Waals surface area (Å²) < 4.78 is 26.7. The third-order valence-electron chi connectivity index (χ3n) is 2.18. The third-order valence-corrected chi connectivity index (χ3v) is 2.92. The molecule has 0 unspecified atom stereocenters. The summed E-state index contributed by atoms with van der Waals surface area (Å²) in [5.74, 6) is 0.541. The average molecular weight is 229 g/mol. The van der Waals surface area contributed by atoms with Crippen LogP contribution in [0.3, 0.4) is 0 Å². The van der Waals surface area contributed by atoms with Crippen LogP contribution >= 0.6 is 0 Å². The van der Waals surface area contributed by atoms with Crippen LogP contribution in [-0.4, -0.2) is 20.8 Å². The number of sulfonamides is 1. The first-order chi connectivity index (χ1) is 6.90. The zero-order valence-electron chi connectivity index (χ0n) is 8.86.